The first kappa shape index (κ1) is 22.4. The lowest BCUT2D eigenvalue weighted by Gasteiger charge is -2.29. The van der Waals surface area contributed by atoms with Gasteiger partial charge in [-0.2, -0.15) is 4.31 Å². The second-order valence-corrected chi connectivity index (χ2v) is 11.4. The highest BCUT2D eigenvalue weighted by atomic mass is 127. The molecule has 2 aromatic carbocycles. The Bertz CT molecular complexity index is 1160. The van der Waals surface area contributed by atoms with Crippen molar-refractivity contribution in [3.8, 4) is 0 Å². The summed E-state index contributed by atoms with van der Waals surface area (Å²) in [5.74, 6) is -0.840. The Balaban J connectivity index is 1.78. The van der Waals surface area contributed by atoms with Crippen LogP contribution in [-0.2, 0) is 19.6 Å². The molecular weight excluding hydrogens is 527 g/mol. The highest BCUT2D eigenvalue weighted by Crippen LogP contribution is 2.40. The lowest BCUT2D eigenvalue weighted by Crippen LogP contribution is -2.47. The van der Waals surface area contributed by atoms with Gasteiger partial charge in [-0.25, -0.2) is 13.3 Å². The highest BCUT2D eigenvalue weighted by Gasteiger charge is 2.52. The van der Waals surface area contributed by atoms with Gasteiger partial charge in [0.2, 0.25) is 15.9 Å². The second kappa shape index (κ2) is 7.97. The number of rotatable bonds is 5. The minimum absolute atomic E-state index is 0.135. The third kappa shape index (κ3) is 3.82. The molecule has 31 heavy (non-hydrogen) atoms. The number of carbonyl (C=O) groups is 2. The number of anilines is 1. The van der Waals surface area contributed by atoms with E-state index >= 15 is 0 Å². The third-order valence-electron chi connectivity index (χ3n) is 6.25. The molecule has 2 aromatic rings. The van der Waals surface area contributed by atoms with Crippen molar-refractivity contribution >= 4 is 50.1 Å². The van der Waals surface area contributed by atoms with E-state index in [9.17, 15) is 18.0 Å². The first-order valence-corrected chi connectivity index (χ1v) is 12.8. The summed E-state index contributed by atoms with van der Waals surface area (Å²) >= 11 is 2.15. The molecule has 1 saturated heterocycles. The molecule has 6 nitrogen and oxygen atoms in total. The molecule has 1 unspecified atom stereocenters. The molecule has 0 aromatic heterocycles. The Morgan fingerprint density at radius 2 is 1.52 bits per heavy atom. The number of benzene rings is 2. The molecule has 164 valence electrons. The number of halogens is 1. The van der Waals surface area contributed by atoms with E-state index in [4.69, 9.17) is 0 Å². The molecule has 0 radical (unpaired) electrons. The first-order chi connectivity index (χ1) is 14.5. The number of aryl methyl sites for hydroxylation is 2. The van der Waals surface area contributed by atoms with Crippen LogP contribution < -0.4 is 4.90 Å². The fraction of sp³-hybridized carbons (Fsp3) is 0.391. The van der Waals surface area contributed by atoms with Crippen LogP contribution in [-0.4, -0.2) is 36.6 Å². The topological polar surface area (TPSA) is 74.8 Å². The van der Waals surface area contributed by atoms with Crippen LogP contribution in [0.1, 0.15) is 41.5 Å². The van der Waals surface area contributed by atoms with Gasteiger partial charge in [-0.15, -0.1) is 0 Å². The molecule has 0 spiro atoms. The minimum atomic E-state index is -3.96. The Morgan fingerprint density at radius 1 is 0.968 bits per heavy atom. The van der Waals surface area contributed by atoms with Gasteiger partial charge in [-0.3, -0.25) is 9.59 Å². The highest BCUT2D eigenvalue weighted by molar-refractivity contribution is 14.1. The van der Waals surface area contributed by atoms with E-state index in [1.165, 1.54) is 4.31 Å². The number of amides is 2. The van der Waals surface area contributed by atoms with E-state index in [1.807, 2.05) is 32.0 Å². The largest absolute Gasteiger partial charge is 0.274 e. The van der Waals surface area contributed by atoms with E-state index in [2.05, 4.69) is 22.6 Å². The van der Waals surface area contributed by atoms with Gasteiger partial charge in [0.05, 0.1) is 17.0 Å². The number of hydrogen-bond donors (Lipinski definition) is 0. The lowest BCUT2D eigenvalue weighted by atomic mass is 10.0. The average molecular weight is 552 g/mol. The molecule has 1 aliphatic carbocycles. The molecule has 1 heterocycles. The molecule has 4 rings (SSSR count). The average Bonchev–Trinajstić information content (AvgIpc) is 3.47. The van der Waals surface area contributed by atoms with E-state index in [-0.39, 0.29) is 23.3 Å². The van der Waals surface area contributed by atoms with E-state index < -0.39 is 22.0 Å². The van der Waals surface area contributed by atoms with Crippen LogP contribution in [0.5, 0.6) is 0 Å². The van der Waals surface area contributed by atoms with Crippen LogP contribution >= 0.6 is 22.6 Å². The van der Waals surface area contributed by atoms with Crippen LogP contribution in [0.4, 0.5) is 5.69 Å². The van der Waals surface area contributed by atoms with Crippen molar-refractivity contribution in [3.63, 3.8) is 0 Å². The normalized spacial score (nSPS) is 19.5. The van der Waals surface area contributed by atoms with Crippen LogP contribution in [0.2, 0.25) is 0 Å². The van der Waals surface area contributed by atoms with E-state index in [0.717, 1.165) is 19.6 Å². The van der Waals surface area contributed by atoms with Crippen LogP contribution in [0.25, 0.3) is 0 Å². The monoisotopic (exact) mass is 552 g/mol. The summed E-state index contributed by atoms with van der Waals surface area (Å²) in [6.45, 7) is 7.40. The van der Waals surface area contributed by atoms with Crippen molar-refractivity contribution in [1.82, 2.24) is 4.31 Å². The summed E-state index contributed by atoms with van der Waals surface area (Å²) in [6.07, 6.45) is 1.26. The number of imide groups is 1. The van der Waals surface area contributed by atoms with Crippen LogP contribution in [0.15, 0.2) is 35.2 Å². The molecule has 8 heteroatoms. The number of hydrogen-bond acceptors (Lipinski definition) is 4. The van der Waals surface area contributed by atoms with Crippen molar-refractivity contribution < 1.29 is 18.0 Å². The Morgan fingerprint density at radius 3 is 2.03 bits per heavy atom. The fourth-order valence-corrected chi connectivity index (χ4v) is 7.07. The zero-order valence-corrected chi connectivity index (χ0v) is 21.0. The van der Waals surface area contributed by atoms with Gasteiger partial charge in [-0.05, 0) is 110 Å². The molecule has 2 fully saturated rings. The minimum Gasteiger partial charge on any atom is -0.274 e. The third-order valence-corrected chi connectivity index (χ3v) is 9.21. The fourth-order valence-electron chi connectivity index (χ4n) is 4.30. The summed E-state index contributed by atoms with van der Waals surface area (Å²) in [4.78, 5) is 27.6. The van der Waals surface area contributed by atoms with Gasteiger partial charge in [0.25, 0.3) is 5.91 Å². The molecule has 1 aliphatic heterocycles. The van der Waals surface area contributed by atoms with Crippen LogP contribution in [0.3, 0.4) is 0 Å². The molecule has 0 bridgehead atoms. The Labute approximate surface area is 196 Å². The first-order valence-electron chi connectivity index (χ1n) is 10.3. The van der Waals surface area contributed by atoms with Gasteiger partial charge < -0.3 is 0 Å². The SMILES string of the molecule is Cc1cc(C)c(C)c(S(=O)(=O)N(C2CC2)C2CC(=O)N(c3ccc(I)cc3)C2=O)c1C. The summed E-state index contributed by atoms with van der Waals surface area (Å²) in [5, 5.41) is 0. The van der Waals surface area contributed by atoms with E-state index in [0.29, 0.717) is 29.7 Å². The summed E-state index contributed by atoms with van der Waals surface area (Å²) in [6, 6.07) is 7.80. The van der Waals surface area contributed by atoms with Gasteiger partial charge >= 0.3 is 0 Å². The predicted molar refractivity (Wildman–Crippen MR) is 127 cm³/mol. The van der Waals surface area contributed by atoms with Gasteiger partial charge in [-0.1, -0.05) is 6.07 Å². The molecule has 2 aliphatic rings. The zero-order chi connectivity index (χ0) is 22.7. The van der Waals surface area contributed by atoms with Crippen molar-refractivity contribution in [2.75, 3.05) is 4.90 Å². The molecule has 1 saturated carbocycles. The number of carbonyl (C=O) groups excluding carboxylic acids is 2. The van der Waals surface area contributed by atoms with Crippen LogP contribution in [0, 0.1) is 31.3 Å². The standard InChI is InChI=1S/C23H25IN2O4S/c1-13-11-14(2)16(4)22(15(13)3)31(29,30)26(19-9-10-19)20-12-21(27)25(23(20)28)18-7-5-17(24)6-8-18/h5-8,11,19-20H,9-10,12H2,1-4H3. The smallest absolute Gasteiger partial charge is 0.252 e. The van der Waals surface area contributed by atoms with Gasteiger partial charge in [0.15, 0.2) is 0 Å². The quantitative estimate of drug-likeness (QED) is 0.415. The zero-order valence-electron chi connectivity index (χ0n) is 18.0. The molecule has 2 amide bonds. The maximum atomic E-state index is 13.9. The summed E-state index contributed by atoms with van der Waals surface area (Å²) < 4.78 is 30.2. The maximum Gasteiger partial charge on any atom is 0.252 e. The second-order valence-electron chi connectivity index (χ2n) is 8.42. The predicted octanol–water partition coefficient (Wildman–Crippen LogP) is 4.01. The summed E-state index contributed by atoms with van der Waals surface area (Å²) in [5.41, 5.74) is 3.66. The van der Waals surface area contributed by atoms with Crippen molar-refractivity contribution in [1.29, 1.82) is 0 Å². The molecule has 0 N–H and O–H groups in total. The Hall–Kier alpha value is -1.78. The van der Waals surface area contributed by atoms with Gasteiger partial charge in [0.1, 0.15) is 6.04 Å². The van der Waals surface area contributed by atoms with Crippen molar-refractivity contribution in [2.45, 2.75) is 63.9 Å². The van der Waals surface area contributed by atoms with Crippen molar-refractivity contribution in [3.05, 3.63) is 56.2 Å². The van der Waals surface area contributed by atoms with E-state index in [1.54, 1.807) is 26.0 Å². The Kier molecular flexibility index (Phi) is 5.76. The number of sulfonamides is 1. The van der Waals surface area contributed by atoms with Gasteiger partial charge in [0, 0.05) is 9.61 Å². The summed E-state index contributed by atoms with van der Waals surface area (Å²) in [7, 11) is -3.96. The number of nitrogens with zero attached hydrogens (tertiary/aromatic N) is 2. The molecule has 1 atom stereocenters. The maximum absolute atomic E-state index is 13.9. The molecular formula is C23H25IN2O4S. The lowest BCUT2D eigenvalue weighted by molar-refractivity contribution is -0.122. The van der Waals surface area contributed by atoms with Crippen molar-refractivity contribution in [2.24, 2.45) is 0 Å².